The number of alkyl halides is 5. The highest BCUT2D eigenvalue weighted by atomic mass is 19.3. The molecule has 10 heavy (non-hydrogen) atoms. The minimum absolute atomic E-state index is 0.816. The topological polar surface area (TPSA) is 0 Å². The van der Waals surface area contributed by atoms with Gasteiger partial charge in [0.15, 0.2) is 0 Å². The summed E-state index contributed by atoms with van der Waals surface area (Å²) >= 11 is 0. The first-order chi connectivity index (χ1) is 4.36. The average Bonchev–Trinajstić information content (AvgIpc) is 1.60. The highest BCUT2D eigenvalue weighted by Gasteiger charge is 2.41. The fraction of sp³-hybridized carbons (Fsp3) is 1.00. The van der Waals surface area contributed by atoms with Gasteiger partial charge in [-0.15, -0.1) is 0 Å². The lowest BCUT2D eigenvalue weighted by Gasteiger charge is -2.14. The van der Waals surface area contributed by atoms with E-state index in [1.54, 1.807) is 0 Å². The van der Waals surface area contributed by atoms with Crippen LogP contribution in [0.2, 0.25) is 0 Å². The van der Waals surface area contributed by atoms with Gasteiger partial charge in [-0.05, 0) is 6.92 Å². The van der Waals surface area contributed by atoms with Crippen molar-refractivity contribution in [3.63, 3.8) is 0 Å². The summed E-state index contributed by atoms with van der Waals surface area (Å²) in [6.45, 7) is 0.816. The second-order valence-electron chi connectivity index (χ2n) is 2.05. The zero-order chi connectivity index (χ0) is 8.36. The maximum atomic E-state index is 11.8. The van der Waals surface area contributed by atoms with Crippen molar-refractivity contribution in [2.45, 2.75) is 31.9 Å². The molecule has 0 radical (unpaired) electrons. The Labute approximate surface area is 55.0 Å². The molecule has 0 spiro atoms. The summed E-state index contributed by atoms with van der Waals surface area (Å²) in [5.74, 6) is -4.19. The van der Waals surface area contributed by atoms with Crippen LogP contribution < -0.4 is 0 Å². The monoisotopic (exact) mass is 162 g/mol. The van der Waals surface area contributed by atoms with Crippen molar-refractivity contribution in [2.24, 2.45) is 0 Å². The molecule has 0 rings (SSSR count). The number of rotatable bonds is 3. The van der Waals surface area contributed by atoms with Gasteiger partial charge in [-0.3, -0.25) is 0 Å². The predicted octanol–water partition coefficient (Wildman–Crippen LogP) is 2.63. The highest BCUT2D eigenvalue weighted by Crippen LogP contribution is 2.28. The van der Waals surface area contributed by atoms with Crippen molar-refractivity contribution < 1.29 is 22.0 Å². The Morgan fingerprint density at radius 1 is 1.20 bits per heavy atom. The van der Waals surface area contributed by atoms with Gasteiger partial charge in [-0.25, -0.2) is 22.0 Å². The molecule has 5 heteroatoms. The van der Waals surface area contributed by atoms with E-state index in [1.807, 2.05) is 0 Å². The van der Waals surface area contributed by atoms with Crippen LogP contribution in [0.4, 0.5) is 22.0 Å². The summed E-state index contributed by atoms with van der Waals surface area (Å²) in [7, 11) is 0. The molecule has 0 amide bonds. The molecule has 0 fully saturated rings. The Bertz CT molecular complexity index is 98.2. The van der Waals surface area contributed by atoms with Crippen LogP contribution in [0.5, 0.6) is 0 Å². The smallest absolute Gasteiger partial charge is 0.248 e. The first kappa shape index (κ1) is 9.65. The summed E-state index contributed by atoms with van der Waals surface area (Å²) in [5.41, 5.74) is 0. The Kier molecular flexibility index (Phi) is 3.05. The van der Waals surface area contributed by atoms with Crippen LogP contribution in [0, 0.1) is 0 Å². The van der Waals surface area contributed by atoms with Crippen LogP contribution in [-0.4, -0.2) is 18.5 Å². The molecular weight excluding hydrogens is 155 g/mol. The molecule has 0 aliphatic rings. The van der Waals surface area contributed by atoms with E-state index in [9.17, 15) is 22.0 Å². The fourth-order valence-corrected chi connectivity index (χ4v) is 0.464. The van der Waals surface area contributed by atoms with E-state index in [0.717, 1.165) is 6.92 Å². The van der Waals surface area contributed by atoms with E-state index < -0.39 is 24.9 Å². The Morgan fingerprint density at radius 2 is 1.60 bits per heavy atom. The first-order valence-corrected chi connectivity index (χ1v) is 2.66. The Balaban J connectivity index is 3.87. The minimum atomic E-state index is -4.19. The maximum Gasteiger partial charge on any atom is 0.310 e. The van der Waals surface area contributed by atoms with Crippen molar-refractivity contribution in [1.29, 1.82) is 0 Å². The van der Waals surface area contributed by atoms with Crippen molar-refractivity contribution in [2.75, 3.05) is 0 Å². The molecule has 0 aromatic rings. The van der Waals surface area contributed by atoms with Gasteiger partial charge >= 0.3 is 12.3 Å². The van der Waals surface area contributed by atoms with Gasteiger partial charge in [0.25, 0.3) is 0 Å². The third kappa shape index (κ3) is 2.98. The standard InChI is InChI=1S/C5H7F5/c1-3(6)2-5(9,10)4(7)8/h3-4H,2H2,1H3. The zero-order valence-corrected chi connectivity index (χ0v) is 5.25. The average molecular weight is 162 g/mol. The zero-order valence-electron chi connectivity index (χ0n) is 5.25. The molecule has 0 aliphatic carbocycles. The molecule has 1 atom stereocenters. The normalized spacial score (nSPS) is 15.9. The molecule has 0 aromatic carbocycles. The third-order valence-electron chi connectivity index (χ3n) is 0.873. The fourth-order valence-electron chi connectivity index (χ4n) is 0.464. The quantitative estimate of drug-likeness (QED) is 0.559. The minimum Gasteiger partial charge on any atom is -0.248 e. The van der Waals surface area contributed by atoms with Crippen LogP contribution in [-0.2, 0) is 0 Å². The van der Waals surface area contributed by atoms with Gasteiger partial charge in [0.05, 0.1) is 0 Å². The number of halogens is 5. The summed E-state index contributed by atoms with van der Waals surface area (Å²) in [6, 6.07) is 0. The Hall–Kier alpha value is -0.350. The third-order valence-corrected chi connectivity index (χ3v) is 0.873. The Morgan fingerprint density at radius 3 is 1.70 bits per heavy atom. The van der Waals surface area contributed by atoms with Crippen LogP contribution in [0.15, 0.2) is 0 Å². The molecule has 1 unspecified atom stereocenters. The van der Waals surface area contributed by atoms with E-state index >= 15 is 0 Å². The molecule has 0 bridgehead atoms. The van der Waals surface area contributed by atoms with Crippen LogP contribution in [0.1, 0.15) is 13.3 Å². The molecule has 0 saturated heterocycles. The van der Waals surface area contributed by atoms with Gasteiger partial charge in [-0.2, -0.15) is 0 Å². The molecule has 0 nitrogen and oxygen atoms in total. The van der Waals surface area contributed by atoms with Gasteiger partial charge < -0.3 is 0 Å². The van der Waals surface area contributed by atoms with E-state index in [2.05, 4.69) is 0 Å². The molecule has 0 aromatic heterocycles. The van der Waals surface area contributed by atoms with E-state index in [0.29, 0.717) is 0 Å². The van der Waals surface area contributed by atoms with E-state index in [-0.39, 0.29) is 0 Å². The van der Waals surface area contributed by atoms with Crippen molar-refractivity contribution in [1.82, 2.24) is 0 Å². The number of hydrogen-bond donors (Lipinski definition) is 0. The predicted molar refractivity (Wildman–Crippen MR) is 26.1 cm³/mol. The van der Waals surface area contributed by atoms with Crippen LogP contribution in [0.3, 0.4) is 0 Å². The van der Waals surface area contributed by atoms with Crippen molar-refractivity contribution >= 4 is 0 Å². The van der Waals surface area contributed by atoms with E-state index in [1.165, 1.54) is 0 Å². The first-order valence-electron chi connectivity index (χ1n) is 2.66. The lowest BCUT2D eigenvalue weighted by Crippen LogP contribution is -2.29. The molecule has 0 aliphatic heterocycles. The second-order valence-corrected chi connectivity index (χ2v) is 2.05. The van der Waals surface area contributed by atoms with Crippen molar-refractivity contribution in [3.8, 4) is 0 Å². The van der Waals surface area contributed by atoms with Gasteiger partial charge in [0.1, 0.15) is 6.17 Å². The van der Waals surface area contributed by atoms with E-state index in [4.69, 9.17) is 0 Å². The summed E-state index contributed by atoms with van der Waals surface area (Å²) in [5, 5.41) is 0. The second kappa shape index (κ2) is 3.16. The maximum absolute atomic E-state index is 11.8. The number of hydrogen-bond acceptors (Lipinski definition) is 0. The molecule has 0 N–H and O–H groups in total. The lowest BCUT2D eigenvalue weighted by atomic mass is 10.2. The summed E-state index contributed by atoms with van der Waals surface area (Å²) < 4.78 is 57.9. The molecule has 0 heterocycles. The SMILES string of the molecule is CC(F)CC(F)(F)C(F)F. The highest BCUT2D eigenvalue weighted by molar-refractivity contribution is 4.71. The van der Waals surface area contributed by atoms with Crippen molar-refractivity contribution in [3.05, 3.63) is 0 Å². The molecular formula is C5H7F5. The van der Waals surface area contributed by atoms with Gasteiger partial charge in [0.2, 0.25) is 0 Å². The van der Waals surface area contributed by atoms with Crippen LogP contribution >= 0.6 is 0 Å². The summed E-state index contributed by atoms with van der Waals surface area (Å²) in [6.07, 6.45) is -7.08. The lowest BCUT2D eigenvalue weighted by molar-refractivity contribution is -0.141. The van der Waals surface area contributed by atoms with Crippen LogP contribution in [0.25, 0.3) is 0 Å². The molecule has 62 valence electrons. The van der Waals surface area contributed by atoms with Gasteiger partial charge in [-0.1, -0.05) is 0 Å². The van der Waals surface area contributed by atoms with Gasteiger partial charge in [0, 0.05) is 6.42 Å². The summed E-state index contributed by atoms with van der Waals surface area (Å²) in [4.78, 5) is 0. The molecule has 0 saturated carbocycles. The largest absolute Gasteiger partial charge is 0.310 e.